The third-order valence-corrected chi connectivity index (χ3v) is 0. The molecule has 0 aromatic heterocycles. The van der Waals surface area contributed by atoms with E-state index in [0.29, 0.717) is 0 Å². The Labute approximate surface area is 103 Å². The minimum Gasteiger partial charge on any atom is -1.00 e. The van der Waals surface area contributed by atoms with E-state index in [1.165, 1.54) is 0 Å². The first-order chi connectivity index (χ1) is 0. The Balaban J connectivity index is 0. The van der Waals surface area contributed by atoms with Crippen LogP contribution in [0.2, 0.25) is 0 Å². The van der Waals surface area contributed by atoms with Gasteiger partial charge in [0, 0.05) is 53.6 Å². The quantitative estimate of drug-likeness (QED) is 0.544. The van der Waals surface area contributed by atoms with E-state index in [2.05, 4.69) is 0 Å². The molecule has 0 atom stereocenters. The predicted octanol–water partition coefficient (Wildman–Crippen LogP) is -0.163. The largest absolute Gasteiger partial charge is 2.00 e. The molecule has 4 heavy (non-hydrogen) atoms. The Hall–Kier alpha value is 3.23. The predicted molar refractivity (Wildman–Crippen MR) is 7.98 cm³/mol. The summed E-state index contributed by atoms with van der Waals surface area (Å²) in [5.74, 6) is 0. The molecule has 0 saturated carbocycles. The minimum atomic E-state index is 0. The minimum absolute atomic E-state index is 0. The van der Waals surface area contributed by atoms with Crippen molar-refractivity contribution >= 4 is 48.9 Å². The van der Waals surface area contributed by atoms with E-state index in [4.69, 9.17) is 0 Å². The van der Waals surface area contributed by atoms with Gasteiger partial charge in [0.1, 0.15) is 0 Å². The van der Waals surface area contributed by atoms with Gasteiger partial charge in [0.2, 0.25) is 0 Å². The third kappa shape index (κ3) is 8.97. The van der Waals surface area contributed by atoms with Crippen LogP contribution in [0.1, 0.15) is 2.85 Å². The topological polar surface area (TPSA) is 0 Å². The molecule has 0 N–H and O–H groups in total. The number of hydrogen-bond acceptors (Lipinski definition) is 0. The van der Waals surface area contributed by atoms with Crippen molar-refractivity contribution in [3.05, 3.63) is 0 Å². The molecule has 0 spiro atoms. The van der Waals surface area contributed by atoms with Gasteiger partial charge in [-0.25, -0.2) is 0 Å². The van der Waals surface area contributed by atoms with Crippen LogP contribution in [0.25, 0.3) is 0 Å². The van der Waals surface area contributed by atoms with Gasteiger partial charge in [-0.05, 0) is 0 Å². The second-order valence-electron chi connectivity index (χ2n) is 0. The van der Waals surface area contributed by atoms with Crippen LogP contribution < -0.4 is 0 Å². The second kappa shape index (κ2) is 16.3. The maximum Gasteiger partial charge on any atom is 2.00 e. The van der Waals surface area contributed by atoms with E-state index in [1.807, 2.05) is 0 Å². The summed E-state index contributed by atoms with van der Waals surface area (Å²) in [6.45, 7) is 0. The van der Waals surface area contributed by atoms with Crippen molar-refractivity contribution in [3.8, 4) is 0 Å². The van der Waals surface area contributed by atoms with Gasteiger partial charge in [0.15, 0.2) is 0 Å². The zero-order chi connectivity index (χ0) is 0. The Kier molecular flexibility index (Phi) is 110. The zero-order valence-electron chi connectivity index (χ0n) is 4.09. The maximum absolute atomic E-state index is 0. The van der Waals surface area contributed by atoms with E-state index in [0.717, 1.165) is 0 Å². The van der Waals surface area contributed by atoms with Crippen molar-refractivity contribution in [1.82, 2.24) is 0 Å². The maximum atomic E-state index is 0. The van der Waals surface area contributed by atoms with Gasteiger partial charge in [-0.15, -0.1) is 0 Å². The molecular weight excluding hydrogens is 321 g/mol. The summed E-state index contributed by atoms with van der Waals surface area (Å²) in [5.41, 5.74) is 0. The molecule has 2 radical (unpaired) electrons. The van der Waals surface area contributed by atoms with E-state index in [9.17, 15) is 0 Å². The first kappa shape index (κ1) is 26.9. The molecule has 0 bridgehead atoms. The second-order valence-corrected chi connectivity index (χ2v) is 0. The Bertz CT molecular complexity index is 13.5. The standard InChI is InChI=1S/Ba.Cu.Mn.Zn.2H/q+2;;;;2*-1. The molecule has 0 aliphatic rings. The molecule has 0 heterocycles. The summed E-state index contributed by atoms with van der Waals surface area (Å²) >= 11 is 0. The Morgan fingerprint density at radius 1 is 1.25 bits per heavy atom. The number of hydrogen-bond donors (Lipinski definition) is 0. The normalized spacial score (nSPS) is 0. The monoisotopic (exact) mass is 322 g/mol. The van der Waals surface area contributed by atoms with Gasteiger partial charge in [-0.1, -0.05) is 0 Å². The van der Waals surface area contributed by atoms with Crippen LogP contribution in [0.3, 0.4) is 0 Å². The first-order valence-electron chi connectivity index (χ1n) is 0. The van der Waals surface area contributed by atoms with E-state index >= 15 is 0 Å². The van der Waals surface area contributed by atoms with Crippen LogP contribution in [0.5, 0.6) is 0 Å². The van der Waals surface area contributed by atoms with Crippen molar-refractivity contribution in [2.75, 3.05) is 0 Å². The van der Waals surface area contributed by atoms with Crippen molar-refractivity contribution in [2.24, 2.45) is 0 Å². The van der Waals surface area contributed by atoms with Crippen LogP contribution >= 0.6 is 0 Å². The average molecular weight is 323 g/mol. The third-order valence-electron chi connectivity index (χ3n) is 0. The van der Waals surface area contributed by atoms with Crippen molar-refractivity contribution in [3.63, 3.8) is 0 Å². The van der Waals surface area contributed by atoms with Crippen LogP contribution in [0, 0.1) is 0 Å². The van der Waals surface area contributed by atoms with E-state index < -0.39 is 0 Å². The molecular formula is H2BaCuMnZn. The van der Waals surface area contributed by atoms with Crippen LogP contribution in [0.4, 0.5) is 0 Å². The first-order valence-corrected chi connectivity index (χ1v) is 0. The molecule has 4 heteroatoms. The summed E-state index contributed by atoms with van der Waals surface area (Å²) in [5, 5.41) is 0. The molecule has 0 aliphatic carbocycles. The molecule has 0 saturated heterocycles. The average Bonchev–Trinajstić information content (AvgIpc) is 0. The van der Waals surface area contributed by atoms with Crippen LogP contribution in [-0.2, 0) is 53.6 Å². The van der Waals surface area contributed by atoms with Crippen LogP contribution in [0.15, 0.2) is 0 Å². The molecule has 0 rings (SSSR count). The summed E-state index contributed by atoms with van der Waals surface area (Å²) in [6, 6.07) is 0. The van der Waals surface area contributed by atoms with Crippen molar-refractivity contribution in [1.29, 1.82) is 0 Å². The molecule has 0 aromatic rings. The molecule has 0 fully saturated rings. The Morgan fingerprint density at radius 2 is 1.25 bits per heavy atom. The van der Waals surface area contributed by atoms with Crippen molar-refractivity contribution in [2.45, 2.75) is 0 Å². The fourth-order valence-corrected chi connectivity index (χ4v) is 0. The molecule has 0 nitrogen and oxygen atoms in total. The fourth-order valence-electron chi connectivity index (χ4n) is 0. The van der Waals surface area contributed by atoms with Gasteiger partial charge >= 0.3 is 48.9 Å². The molecule has 0 aliphatic heterocycles. The summed E-state index contributed by atoms with van der Waals surface area (Å²) < 4.78 is 0. The summed E-state index contributed by atoms with van der Waals surface area (Å²) in [6.07, 6.45) is 0. The van der Waals surface area contributed by atoms with Crippen molar-refractivity contribution < 1.29 is 56.5 Å². The Morgan fingerprint density at radius 3 is 1.25 bits per heavy atom. The van der Waals surface area contributed by atoms with Gasteiger partial charge in [-0.3, -0.25) is 0 Å². The molecule has 0 amide bonds. The number of rotatable bonds is 0. The summed E-state index contributed by atoms with van der Waals surface area (Å²) in [7, 11) is 0. The van der Waals surface area contributed by atoms with Gasteiger partial charge in [-0.2, -0.15) is 0 Å². The molecule has 24 valence electrons. The zero-order valence-corrected chi connectivity index (χ0v) is 11.6. The van der Waals surface area contributed by atoms with Gasteiger partial charge < -0.3 is 2.85 Å². The molecule has 0 unspecified atom stereocenters. The van der Waals surface area contributed by atoms with Gasteiger partial charge in [0.25, 0.3) is 0 Å². The van der Waals surface area contributed by atoms with E-state index in [1.54, 1.807) is 0 Å². The fraction of sp³-hybridized carbons (Fsp3) is 0. The van der Waals surface area contributed by atoms with Crippen LogP contribution in [-0.4, -0.2) is 48.9 Å². The smallest absolute Gasteiger partial charge is 1.00 e. The SMILES string of the molecule is [Ba+2].[Cu].[H-].[H-].[Mn].[Zn]. The summed E-state index contributed by atoms with van der Waals surface area (Å²) in [4.78, 5) is 0. The molecule has 0 aromatic carbocycles. The van der Waals surface area contributed by atoms with E-state index in [-0.39, 0.29) is 105 Å². The van der Waals surface area contributed by atoms with Gasteiger partial charge in [0.05, 0.1) is 0 Å².